The number of esters is 1. The van der Waals surface area contributed by atoms with Gasteiger partial charge in [-0.15, -0.1) is 0 Å². The first kappa shape index (κ1) is 20.3. The lowest BCUT2D eigenvalue weighted by Crippen LogP contribution is -2.31. The minimum Gasteiger partial charge on any atom is -0.456 e. The maximum Gasteiger partial charge on any atom is 0.338 e. The van der Waals surface area contributed by atoms with Crippen molar-refractivity contribution >= 4 is 33.6 Å². The summed E-state index contributed by atoms with van der Waals surface area (Å²) in [4.78, 5) is 43.4. The number of thiazole rings is 1. The van der Waals surface area contributed by atoms with Crippen LogP contribution in [0.5, 0.6) is 0 Å². The van der Waals surface area contributed by atoms with Crippen molar-refractivity contribution < 1.29 is 14.3 Å². The number of carbonyl (C=O) groups excluding carboxylic acids is 1. The molecule has 158 valence electrons. The topological polar surface area (TPSA) is 129 Å². The van der Waals surface area contributed by atoms with Gasteiger partial charge in [-0.1, -0.05) is 43.4 Å². The fourth-order valence-electron chi connectivity index (χ4n) is 3.78. The van der Waals surface area contributed by atoms with Crippen LogP contribution in [0.3, 0.4) is 0 Å². The molecule has 1 aromatic carbocycles. The number of nitrogens with two attached hydrogens (primary N) is 1. The number of H-pyrrole nitrogens is 1. The Bertz CT molecular complexity index is 1190. The smallest absolute Gasteiger partial charge is 0.338 e. The molecule has 4 atom stereocenters. The van der Waals surface area contributed by atoms with Crippen molar-refractivity contribution in [3.8, 4) is 0 Å². The third-order valence-corrected chi connectivity index (χ3v) is 6.18. The fourth-order valence-corrected chi connectivity index (χ4v) is 4.62. The zero-order valence-corrected chi connectivity index (χ0v) is 17.3. The van der Waals surface area contributed by atoms with Crippen molar-refractivity contribution in [1.82, 2.24) is 14.5 Å². The van der Waals surface area contributed by atoms with Gasteiger partial charge in [-0.05, 0) is 25.0 Å². The van der Waals surface area contributed by atoms with Gasteiger partial charge in [0.15, 0.2) is 5.65 Å². The van der Waals surface area contributed by atoms with E-state index in [0.29, 0.717) is 18.4 Å². The number of carbonyl (C=O) groups is 1. The normalized spacial score (nSPS) is 22.3. The summed E-state index contributed by atoms with van der Waals surface area (Å²) < 4.78 is 13.5. The predicted octanol–water partition coefficient (Wildman–Crippen LogP) is 2.29. The molecule has 1 saturated heterocycles. The van der Waals surface area contributed by atoms with Crippen LogP contribution < -0.4 is 16.2 Å². The molecule has 0 bridgehead atoms. The van der Waals surface area contributed by atoms with Crippen LogP contribution in [-0.4, -0.2) is 32.7 Å². The minimum atomic E-state index is -0.630. The molecule has 4 rings (SSSR count). The van der Waals surface area contributed by atoms with Gasteiger partial charge in [-0.2, -0.15) is 4.98 Å². The molecule has 2 aromatic heterocycles. The van der Waals surface area contributed by atoms with Crippen LogP contribution in [0, 0.1) is 5.92 Å². The second-order valence-electron chi connectivity index (χ2n) is 7.34. The highest BCUT2D eigenvalue weighted by Crippen LogP contribution is 2.37. The van der Waals surface area contributed by atoms with E-state index >= 15 is 0 Å². The van der Waals surface area contributed by atoms with E-state index in [9.17, 15) is 14.4 Å². The number of aromatic amines is 1. The predicted molar refractivity (Wildman–Crippen MR) is 113 cm³/mol. The Balaban J connectivity index is 1.60. The number of nitrogens with zero attached hydrogens (tertiary/aromatic N) is 2. The lowest BCUT2D eigenvalue weighted by atomic mass is 10.0. The Morgan fingerprint density at radius 2 is 2.13 bits per heavy atom. The monoisotopic (exact) mass is 430 g/mol. The van der Waals surface area contributed by atoms with Crippen molar-refractivity contribution in [2.75, 3.05) is 5.73 Å². The number of hydrogen-bond acceptors (Lipinski definition) is 8. The molecule has 10 heteroatoms. The number of nitrogens with one attached hydrogen (secondary N) is 1. The van der Waals surface area contributed by atoms with E-state index in [1.54, 1.807) is 24.3 Å². The summed E-state index contributed by atoms with van der Waals surface area (Å²) >= 11 is 0.807. The number of hydrogen-bond donors (Lipinski definition) is 2. The number of aromatic nitrogens is 3. The molecule has 0 unspecified atom stereocenters. The highest BCUT2D eigenvalue weighted by Gasteiger charge is 2.40. The molecule has 3 aromatic rings. The maximum atomic E-state index is 12.6. The quantitative estimate of drug-likeness (QED) is 0.594. The zero-order valence-electron chi connectivity index (χ0n) is 16.5. The molecule has 0 amide bonds. The average molecular weight is 430 g/mol. The molecular formula is C20H22N4O5S. The van der Waals surface area contributed by atoms with Gasteiger partial charge in [0.1, 0.15) is 17.0 Å². The van der Waals surface area contributed by atoms with E-state index < -0.39 is 23.9 Å². The first-order valence-corrected chi connectivity index (χ1v) is 10.5. The standard InChI is InChI=1S/C20H22N4O5S/c1-3-12(29-18(26)11-7-5-4-6-8-11)13-9-10(2)17(28-13)24-15-14(30-20(24)27)16(25)23-19(21)22-15/h4-8,10,12-13,17H,3,9H2,1-2H3,(H3,21,22,23,25)/t10-,12+,13+,17+/m1/s1. The van der Waals surface area contributed by atoms with Crippen molar-refractivity contribution in [3.63, 3.8) is 0 Å². The van der Waals surface area contributed by atoms with Gasteiger partial charge < -0.3 is 15.2 Å². The lowest BCUT2D eigenvalue weighted by Gasteiger charge is -2.23. The highest BCUT2D eigenvalue weighted by molar-refractivity contribution is 7.16. The van der Waals surface area contributed by atoms with Gasteiger partial charge in [0.2, 0.25) is 5.95 Å². The van der Waals surface area contributed by atoms with Gasteiger partial charge in [0.25, 0.3) is 5.56 Å². The van der Waals surface area contributed by atoms with Crippen molar-refractivity contribution in [2.24, 2.45) is 5.92 Å². The molecular weight excluding hydrogens is 408 g/mol. The van der Waals surface area contributed by atoms with E-state index in [4.69, 9.17) is 15.2 Å². The van der Waals surface area contributed by atoms with Crippen LogP contribution in [0.2, 0.25) is 0 Å². The third-order valence-electron chi connectivity index (χ3n) is 5.24. The molecule has 9 nitrogen and oxygen atoms in total. The van der Waals surface area contributed by atoms with Gasteiger partial charge >= 0.3 is 10.8 Å². The molecule has 0 spiro atoms. The Labute approximate surface area is 175 Å². The number of ether oxygens (including phenoxy) is 2. The first-order valence-electron chi connectivity index (χ1n) is 9.71. The van der Waals surface area contributed by atoms with Crippen LogP contribution in [0.1, 0.15) is 43.3 Å². The fraction of sp³-hybridized carbons (Fsp3) is 0.400. The van der Waals surface area contributed by atoms with Crippen LogP contribution in [0.15, 0.2) is 39.9 Å². The Kier molecular flexibility index (Phi) is 5.44. The van der Waals surface area contributed by atoms with Gasteiger partial charge in [-0.3, -0.25) is 19.1 Å². The molecule has 1 fully saturated rings. The lowest BCUT2D eigenvalue weighted by molar-refractivity contribution is -0.0731. The summed E-state index contributed by atoms with van der Waals surface area (Å²) in [5.74, 6) is -0.539. The van der Waals surface area contributed by atoms with Crippen molar-refractivity contribution in [1.29, 1.82) is 0 Å². The second kappa shape index (κ2) is 8.04. The summed E-state index contributed by atoms with van der Waals surface area (Å²) in [6.07, 6.45) is -0.328. The molecule has 3 heterocycles. The molecule has 3 N–H and O–H groups in total. The van der Waals surface area contributed by atoms with E-state index in [2.05, 4.69) is 9.97 Å². The number of anilines is 1. The maximum absolute atomic E-state index is 12.6. The summed E-state index contributed by atoms with van der Waals surface area (Å²) in [7, 11) is 0. The third kappa shape index (κ3) is 3.63. The van der Waals surface area contributed by atoms with Gasteiger partial charge in [-0.25, -0.2) is 4.79 Å². The molecule has 0 saturated carbocycles. The summed E-state index contributed by atoms with van der Waals surface area (Å²) in [5.41, 5.74) is 5.89. The minimum absolute atomic E-state index is 0.0581. The average Bonchev–Trinajstić information content (AvgIpc) is 3.25. The van der Waals surface area contributed by atoms with Gasteiger partial charge in [0.05, 0.1) is 11.7 Å². The van der Waals surface area contributed by atoms with Crippen LogP contribution in [0.4, 0.5) is 5.95 Å². The number of nitrogen functional groups attached to an aromatic ring is 1. The Morgan fingerprint density at radius 3 is 2.83 bits per heavy atom. The van der Waals surface area contributed by atoms with Crippen LogP contribution in [0.25, 0.3) is 10.3 Å². The van der Waals surface area contributed by atoms with E-state index in [1.165, 1.54) is 4.57 Å². The largest absolute Gasteiger partial charge is 0.456 e. The van der Waals surface area contributed by atoms with Crippen LogP contribution in [-0.2, 0) is 9.47 Å². The van der Waals surface area contributed by atoms with Crippen LogP contribution >= 0.6 is 11.3 Å². The number of benzene rings is 1. The van der Waals surface area contributed by atoms with Crippen molar-refractivity contribution in [2.45, 2.75) is 45.1 Å². The zero-order chi connectivity index (χ0) is 21.4. The first-order chi connectivity index (χ1) is 14.4. The van der Waals surface area contributed by atoms with E-state index in [0.717, 1.165) is 11.3 Å². The summed E-state index contributed by atoms with van der Waals surface area (Å²) in [6, 6.07) is 8.77. The van der Waals surface area contributed by atoms with Gasteiger partial charge in [0, 0.05) is 5.92 Å². The molecule has 0 radical (unpaired) electrons. The molecule has 1 aliphatic heterocycles. The summed E-state index contributed by atoms with van der Waals surface area (Å²) in [5, 5.41) is 0. The SMILES string of the molecule is CC[C@H](OC(=O)c1ccccc1)[C@@H]1C[C@@H](C)[C@@H](n2c(=O)sc3c(=O)[nH]c(N)nc32)O1. The Morgan fingerprint density at radius 1 is 1.40 bits per heavy atom. The second-order valence-corrected chi connectivity index (χ2v) is 8.30. The highest BCUT2D eigenvalue weighted by atomic mass is 32.1. The summed E-state index contributed by atoms with van der Waals surface area (Å²) in [6.45, 7) is 3.86. The molecule has 0 aliphatic carbocycles. The molecule has 1 aliphatic rings. The van der Waals surface area contributed by atoms with E-state index in [-0.39, 0.29) is 33.2 Å². The number of rotatable bonds is 5. The molecule has 30 heavy (non-hydrogen) atoms. The number of fused-ring (bicyclic) bond motifs is 1. The Hall–Kier alpha value is -2.98. The van der Waals surface area contributed by atoms with Crippen molar-refractivity contribution in [3.05, 3.63) is 55.9 Å². The van der Waals surface area contributed by atoms with E-state index in [1.807, 2.05) is 19.9 Å².